The van der Waals surface area contributed by atoms with Crippen molar-refractivity contribution in [3.63, 3.8) is 0 Å². The summed E-state index contributed by atoms with van der Waals surface area (Å²) in [4.78, 5) is 0. The lowest BCUT2D eigenvalue weighted by molar-refractivity contribution is 0.0162. The lowest BCUT2D eigenvalue weighted by atomic mass is 9.82. The van der Waals surface area contributed by atoms with Crippen molar-refractivity contribution in [3.05, 3.63) is 16.4 Å². The van der Waals surface area contributed by atoms with Gasteiger partial charge in [0, 0.05) is 25.2 Å². The van der Waals surface area contributed by atoms with Gasteiger partial charge in [0.15, 0.2) is 0 Å². The SMILES string of the molecule is Cc1nn(CC2(CS)CCOCC2)c(C)c1Cl. The van der Waals surface area contributed by atoms with Crippen molar-refractivity contribution in [3.8, 4) is 0 Å². The topological polar surface area (TPSA) is 27.1 Å². The molecule has 3 nitrogen and oxygen atoms in total. The molecule has 96 valence electrons. The summed E-state index contributed by atoms with van der Waals surface area (Å²) in [6.07, 6.45) is 2.10. The molecule has 0 amide bonds. The van der Waals surface area contributed by atoms with Crippen molar-refractivity contribution in [1.82, 2.24) is 9.78 Å². The Balaban J connectivity index is 2.20. The standard InChI is InChI=1S/C12H19ClN2OS/c1-9-11(13)10(2)15(14-9)7-12(8-17)3-5-16-6-4-12/h17H,3-8H2,1-2H3. The Morgan fingerprint density at radius 3 is 2.53 bits per heavy atom. The molecule has 1 aliphatic heterocycles. The fourth-order valence-corrected chi connectivity index (χ4v) is 2.87. The Hall–Kier alpha value is -0.190. The Labute approximate surface area is 113 Å². The van der Waals surface area contributed by atoms with Crippen molar-refractivity contribution in [1.29, 1.82) is 0 Å². The zero-order valence-electron chi connectivity index (χ0n) is 10.4. The largest absolute Gasteiger partial charge is 0.381 e. The van der Waals surface area contributed by atoms with E-state index in [1.54, 1.807) is 0 Å². The molecule has 0 aliphatic carbocycles. The molecular weight excluding hydrogens is 256 g/mol. The number of aryl methyl sites for hydroxylation is 1. The molecule has 0 atom stereocenters. The average Bonchev–Trinajstić information content (AvgIpc) is 2.58. The van der Waals surface area contributed by atoms with Gasteiger partial charge in [-0.2, -0.15) is 17.7 Å². The Bertz CT molecular complexity index is 399. The second-order valence-corrected chi connectivity index (χ2v) is 5.61. The first-order valence-corrected chi connectivity index (χ1v) is 6.97. The summed E-state index contributed by atoms with van der Waals surface area (Å²) in [5.74, 6) is 0.867. The van der Waals surface area contributed by atoms with Gasteiger partial charge in [-0.3, -0.25) is 4.68 Å². The van der Waals surface area contributed by atoms with Gasteiger partial charge in [-0.05, 0) is 32.4 Å². The lowest BCUT2D eigenvalue weighted by Crippen LogP contribution is -2.36. The third-order valence-corrected chi connectivity index (χ3v) is 4.89. The van der Waals surface area contributed by atoms with Crippen molar-refractivity contribution in [2.75, 3.05) is 19.0 Å². The van der Waals surface area contributed by atoms with E-state index in [9.17, 15) is 0 Å². The van der Waals surface area contributed by atoms with E-state index >= 15 is 0 Å². The van der Waals surface area contributed by atoms with Gasteiger partial charge in [0.1, 0.15) is 0 Å². The Morgan fingerprint density at radius 1 is 1.41 bits per heavy atom. The predicted molar refractivity (Wildman–Crippen MR) is 73.1 cm³/mol. The quantitative estimate of drug-likeness (QED) is 0.858. The van der Waals surface area contributed by atoms with Crippen LogP contribution < -0.4 is 0 Å². The predicted octanol–water partition coefficient (Wildman–Crippen LogP) is 2.88. The summed E-state index contributed by atoms with van der Waals surface area (Å²) < 4.78 is 7.46. The Morgan fingerprint density at radius 2 is 2.06 bits per heavy atom. The number of halogens is 1. The van der Waals surface area contributed by atoms with Gasteiger partial charge in [0.25, 0.3) is 0 Å². The van der Waals surface area contributed by atoms with Crippen LogP contribution in [0, 0.1) is 19.3 Å². The molecule has 0 radical (unpaired) electrons. The second kappa shape index (κ2) is 5.21. The van der Waals surface area contributed by atoms with Crippen molar-refractivity contribution < 1.29 is 4.74 Å². The van der Waals surface area contributed by atoms with Crippen molar-refractivity contribution in [2.45, 2.75) is 33.2 Å². The second-order valence-electron chi connectivity index (χ2n) is 4.91. The molecule has 1 aromatic rings. The zero-order chi connectivity index (χ0) is 12.5. The van der Waals surface area contributed by atoms with Crippen LogP contribution in [0.5, 0.6) is 0 Å². The maximum Gasteiger partial charge on any atom is 0.0844 e. The third-order valence-electron chi connectivity index (χ3n) is 3.67. The maximum atomic E-state index is 6.18. The number of rotatable bonds is 3. The fourth-order valence-electron chi connectivity index (χ4n) is 2.32. The summed E-state index contributed by atoms with van der Waals surface area (Å²) in [6.45, 7) is 6.51. The van der Waals surface area contributed by atoms with Gasteiger partial charge in [-0.15, -0.1) is 0 Å². The number of nitrogens with zero attached hydrogens (tertiary/aromatic N) is 2. The minimum atomic E-state index is 0.202. The summed E-state index contributed by atoms with van der Waals surface area (Å²) >= 11 is 10.7. The Kier molecular flexibility index (Phi) is 4.06. The van der Waals surface area contributed by atoms with Gasteiger partial charge in [-0.25, -0.2) is 0 Å². The summed E-state index contributed by atoms with van der Waals surface area (Å²) in [5.41, 5.74) is 2.16. The van der Waals surface area contributed by atoms with Gasteiger partial charge in [-0.1, -0.05) is 11.6 Å². The molecular formula is C12H19ClN2OS. The molecule has 2 heterocycles. The van der Waals surface area contributed by atoms with Crippen molar-refractivity contribution >= 4 is 24.2 Å². The first kappa shape index (κ1) is 13.2. The van der Waals surface area contributed by atoms with E-state index in [4.69, 9.17) is 16.3 Å². The zero-order valence-corrected chi connectivity index (χ0v) is 12.0. The van der Waals surface area contributed by atoms with Crippen LogP contribution in [0.1, 0.15) is 24.2 Å². The maximum absolute atomic E-state index is 6.18. The molecule has 1 fully saturated rings. The highest BCUT2D eigenvalue weighted by Crippen LogP contribution is 2.34. The monoisotopic (exact) mass is 274 g/mol. The van der Waals surface area contributed by atoms with E-state index in [1.807, 2.05) is 18.5 Å². The van der Waals surface area contributed by atoms with Gasteiger partial charge in [0.05, 0.1) is 16.4 Å². The third kappa shape index (κ3) is 2.64. The van der Waals surface area contributed by atoms with Crippen molar-refractivity contribution in [2.24, 2.45) is 5.41 Å². The van der Waals surface area contributed by atoms with Crippen LogP contribution in [0.15, 0.2) is 0 Å². The number of hydrogen-bond donors (Lipinski definition) is 1. The summed E-state index contributed by atoms with van der Waals surface area (Å²) in [6, 6.07) is 0. The first-order valence-electron chi connectivity index (χ1n) is 5.96. The molecule has 2 rings (SSSR count). The van der Waals surface area contributed by atoms with E-state index in [2.05, 4.69) is 17.7 Å². The average molecular weight is 275 g/mol. The van der Waals surface area contributed by atoms with E-state index in [0.29, 0.717) is 0 Å². The number of hydrogen-bond acceptors (Lipinski definition) is 3. The van der Waals surface area contributed by atoms with E-state index in [0.717, 1.165) is 54.8 Å². The highest BCUT2D eigenvalue weighted by atomic mass is 35.5. The van der Waals surface area contributed by atoms with Crippen LogP contribution in [0.4, 0.5) is 0 Å². The molecule has 1 aromatic heterocycles. The molecule has 0 unspecified atom stereocenters. The van der Waals surface area contributed by atoms with Gasteiger partial charge < -0.3 is 4.74 Å². The first-order chi connectivity index (χ1) is 8.08. The number of ether oxygens (including phenoxy) is 1. The van der Waals surface area contributed by atoms with E-state index < -0.39 is 0 Å². The van der Waals surface area contributed by atoms with Gasteiger partial charge in [0.2, 0.25) is 0 Å². The summed E-state index contributed by atoms with van der Waals surface area (Å²) in [5, 5.41) is 5.29. The van der Waals surface area contributed by atoms with Gasteiger partial charge >= 0.3 is 0 Å². The molecule has 0 N–H and O–H groups in total. The normalized spacial score (nSPS) is 19.5. The lowest BCUT2D eigenvalue weighted by Gasteiger charge is -2.36. The van der Waals surface area contributed by atoms with E-state index in [1.165, 1.54) is 0 Å². The smallest absolute Gasteiger partial charge is 0.0844 e. The van der Waals surface area contributed by atoms with Crippen LogP contribution in [0.3, 0.4) is 0 Å². The van der Waals surface area contributed by atoms with Crippen LogP contribution in [0.2, 0.25) is 5.02 Å². The molecule has 1 saturated heterocycles. The highest BCUT2D eigenvalue weighted by molar-refractivity contribution is 7.80. The van der Waals surface area contributed by atoms with Crippen LogP contribution in [0.25, 0.3) is 0 Å². The minimum absolute atomic E-state index is 0.202. The minimum Gasteiger partial charge on any atom is -0.381 e. The fraction of sp³-hybridized carbons (Fsp3) is 0.750. The van der Waals surface area contributed by atoms with Crippen LogP contribution in [-0.2, 0) is 11.3 Å². The van der Waals surface area contributed by atoms with E-state index in [-0.39, 0.29) is 5.41 Å². The molecule has 0 saturated carbocycles. The molecule has 0 bridgehead atoms. The molecule has 5 heteroatoms. The number of thiol groups is 1. The highest BCUT2D eigenvalue weighted by Gasteiger charge is 2.32. The molecule has 1 aliphatic rings. The summed E-state index contributed by atoms with van der Waals surface area (Å²) in [7, 11) is 0. The molecule has 17 heavy (non-hydrogen) atoms. The molecule has 0 aromatic carbocycles. The van der Waals surface area contributed by atoms with Crippen LogP contribution >= 0.6 is 24.2 Å². The molecule has 0 spiro atoms. The number of aromatic nitrogens is 2. The van der Waals surface area contributed by atoms with Crippen LogP contribution in [-0.4, -0.2) is 28.7 Å².